The van der Waals surface area contributed by atoms with E-state index in [0.29, 0.717) is 18.4 Å². The lowest BCUT2D eigenvalue weighted by molar-refractivity contribution is -0.142. The van der Waals surface area contributed by atoms with Crippen molar-refractivity contribution in [2.24, 2.45) is 0 Å². The van der Waals surface area contributed by atoms with Crippen LogP contribution in [0.2, 0.25) is 0 Å². The summed E-state index contributed by atoms with van der Waals surface area (Å²) in [5, 5.41) is 18.8. The van der Waals surface area contributed by atoms with Gasteiger partial charge in [0.25, 0.3) is 0 Å². The summed E-state index contributed by atoms with van der Waals surface area (Å²) in [7, 11) is 1.58. The number of carbonyl (C=O) groups is 1. The molecule has 0 saturated carbocycles. The molecule has 1 aromatic carbocycles. The molecular weight excluding hydrogens is 208 g/mol. The van der Waals surface area contributed by atoms with E-state index in [1.165, 1.54) is 0 Å². The van der Waals surface area contributed by atoms with Crippen LogP contribution in [-0.2, 0) is 11.2 Å². The van der Waals surface area contributed by atoms with Gasteiger partial charge in [-0.25, -0.2) is 0 Å². The molecule has 1 aliphatic carbocycles. The predicted octanol–water partition coefficient (Wildman–Crippen LogP) is 1.17. The van der Waals surface area contributed by atoms with Gasteiger partial charge in [0.05, 0.1) is 13.2 Å². The third kappa shape index (κ3) is 1.76. The zero-order chi connectivity index (χ0) is 11.7. The first kappa shape index (κ1) is 11.0. The second-order valence-electron chi connectivity index (χ2n) is 3.99. The van der Waals surface area contributed by atoms with E-state index in [0.717, 1.165) is 11.3 Å². The Balaban J connectivity index is 2.44. The minimum Gasteiger partial charge on any atom is -0.497 e. The van der Waals surface area contributed by atoms with Gasteiger partial charge in [-0.15, -0.1) is 0 Å². The first-order valence-corrected chi connectivity index (χ1v) is 5.21. The zero-order valence-electron chi connectivity index (χ0n) is 9.01. The number of methoxy groups -OCH3 is 1. The number of aliphatic hydroxyl groups excluding tert-OH is 1. The fourth-order valence-corrected chi connectivity index (χ4v) is 2.20. The molecule has 4 heteroatoms. The Morgan fingerprint density at radius 2 is 2.25 bits per heavy atom. The van der Waals surface area contributed by atoms with Crippen molar-refractivity contribution in [3.8, 4) is 5.75 Å². The highest BCUT2D eigenvalue weighted by molar-refractivity contribution is 5.78. The number of aliphatic carboxylic acids is 1. The molecule has 0 bridgehead atoms. The van der Waals surface area contributed by atoms with E-state index >= 15 is 0 Å². The summed E-state index contributed by atoms with van der Waals surface area (Å²) < 4.78 is 5.09. The van der Waals surface area contributed by atoms with Gasteiger partial charge in [0.1, 0.15) is 11.7 Å². The highest BCUT2D eigenvalue weighted by atomic mass is 16.5. The molecule has 2 rings (SSSR count). The van der Waals surface area contributed by atoms with Crippen LogP contribution < -0.4 is 4.74 Å². The highest BCUT2D eigenvalue weighted by Crippen LogP contribution is 2.34. The van der Waals surface area contributed by atoms with Crippen molar-refractivity contribution in [3.63, 3.8) is 0 Å². The first-order chi connectivity index (χ1) is 7.63. The fraction of sp³-hybridized carbons (Fsp3) is 0.417. The lowest BCUT2D eigenvalue weighted by Crippen LogP contribution is -2.31. The molecule has 1 aliphatic rings. The van der Waals surface area contributed by atoms with Crippen LogP contribution in [-0.4, -0.2) is 29.4 Å². The van der Waals surface area contributed by atoms with E-state index < -0.39 is 18.0 Å². The number of benzene rings is 1. The number of ether oxygens (including phenoxy) is 1. The maximum atomic E-state index is 11.1. The minimum atomic E-state index is -0.974. The molecule has 1 aromatic rings. The van der Waals surface area contributed by atoms with Crippen molar-refractivity contribution >= 4 is 5.97 Å². The van der Waals surface area contributed by atoms with Crippen LogP contribution in [0.4, 0.5) is 0 Å². The molecule has 0 aromatic heterocycles. The van der Waals surface area contributed by atoms with Gasteiger partial charge in [-0.1, -0.05) is 6.07 Å². The third-order valence-electron chi connectivity index (χ3n) is 3.05. The quantitative estimate of drug-likeness (QED) is 0.788. The van der Waals surface area contributed by atoms with Crippen molar-refractivity contribution in [1.29, 1.82) is 0 Å². The molecule has 16 heavy (non-hydrogen) atoms. The Labute approximate surface area is 93.5 Å². The molecule has 86 valence electrons. The van der Waals surface area contributed by atoms with Gasteiger partial charge in [0, 0.05) is 0 Å². The standard InChI is InChI=1S/C12H14O4/c1-16-8-3-4-9-7(6-8)2-5-10(13)11(9)12(14)15/h3-4,6,10-11,13H,2,5H2,1H3,(H,14,15). The molecule has 0 radical (unpaired) electrons. The van der Waals surface area contributed by atoms with Gasteiger partial charge in [0.15, 0.2) is 0 Å². The average molecular weight is 222 g/mol. The molecule has 2 unspecified atom stereocenters. The molecule has 0 heterocycles. The molecule has 2 atom stereocenters. The SMILES string of the molecule is COc1ccc2c(c1)CCC(O)C2C(=O)O. The lowest BCUT2D eigenvalue weighted by Gasteiger charge is -2.27. The van der Waals surface area contributed by atoms with Gasteiger partial charge in [-0.2, -0.15) is 0 Å². The van der Waals surface area contributed by atoms with Crippen molar-refractivity contribution in [2.75, 3.05) is 7.11 Å². The molecule has 4 nitrogen and oxygen atoms in total. The fourth-order valence-electron chi connectivity index (χ4n) is 2.20. The third-order valence-corrected chi connectivity index (χ3v) is 3.05. The Morgan fingerprint density at radius 3 is 2.88 bits per heavy atom. The summed E-state index contributed by atoms with van der Waals surface area (Å²) in [6.45, 7) is 0. The summed E-state index contributed by atoms with van der Waals surface area (Å²) in [6.07, 6.45) is 0.382. The average Bonchev–Trinajstić information content (AvgIpc) is 2.27. The van der Waals surface area contributed by atoms with E-state index in [9.17, 15) is 9.90 Å². The van der Waals surface area contributed by atoms with Gasteiger partial charge in [0.2, 0.25) is 0 Å². The molecule has 0 aliphatic heterocycles. The van der Waals surface area contributed by atoms with Gasteiger partial charge >= 0.3 is 5.97 Å². The monoisotopic (exact) mass is 222 g/mol. The number of hydrogen-bond acceptors (Lipinski definition) is 3. The van der Waals surface area contributed by atoms with Crippen LogP contribution in [0.5, 0.6) is 5.75 Å². The van der Waals surface area contributed by atoms with Crippen molar-refractivity contribution in [3.05, 3.63) is 29.3 Å². The van der Waals surface area contributed by atoms with E-state index in [1.54, 1.807) is 19.2 Å². The van der Waals surface area contributed by atoms with E-state index in [2.05, 4.69) is 0 Å². The molecule has 0 amide bonds. The Kier molecular flexibility index (Phi) is 2.83. The van der Waals surface area contributed by atoms with Crippen molar-refractivity contribution in [1.82, 2.24) is 0 Å². The number of fused-ring (bicyclic) bond motifs is 1. The van der Waals surface area contributed by atoms with E-state index in [1.807, 2.05) is 6.07 Å². The number of aliphatic hydroxyl groups is 1. The summed E-state index contributed by atoms with van der Waals surface area (Å²) in [4.78, 5) is 11.1. The Morgan fingerprint density at radius 1 is 1.50 bits per heavy atom. The molecule has 2 N–H and O–H groups in total. The molecule has 0 fully saturated rings. The smallest absolute Gasteiger partial charge is 0.313 e. The van der Waals surface area contributed by atoms with Crippen LogP contribution in [0.25, 0.3) is 0 Å². The van der Waals surface area contributed by atoms with Crippen LogP contribution >= 0.6 is 0 Å². The van der Waals surface area contributed by atoms with Crippen LogP contribution in [0.15, 0.2) is 18.2 Å². The van der Waals surface area contributed by atoms with Crippen LogP contribution in [0, 0.1) is 0 Å². The molecular formula is C12H14O4. The number of aryl methyl sites for hydroxylation is 1. The maximum Gasteiger partial charge on any atom is 0.313 e. The molecule has 0 spiro atoms. The van der Waals surface area contributed by atoms with Crippen LogP contribution in [0.1, 0.15) is 23.5 Å². The van der Waals surface area contributed by atoms with Crippen molar-refractivity contribution < 1.29 is 19.7 Å². The first-order valence-electron chi connectivity index (χ1n) is 5.21. The van der Waals surface area contributed by atoms with Crippen LogP contribution in [0.3, 0.4) is 0 Å². The normalized spacial score (nSPS) is 23.6. The lowest BCUT2D eigenvalue weighted by atomic mass is 9.81. The zero-order valence-corrected chi connectivity index (χ0v) is 9.01. The number of carboxylic acid groups (broad SMARTS) is 1. The largest absolute Gasteiger partial charge is 0.497 e. The summed E-state index contributed by atoms with van der Waals surface area (Å²) >= 11 is 0. The Bertz CT molecular complexity index is 413. The summed E-state index contributed by atoms with van der Waals surface area (Å²) in [6, 6.07) is 5.30. The predicted molar refractivity (Wildman–Crippen MR) is 57.7 cm³/mol. The van der Waals surface area contributed by atoms with Crippen molar-refractivity contribution in [2.45, 2.75) is 24.9 Å². The summed E-state index contributed by atoms with van der Waals surface area (Å²) in [5.41, 5.74) is 1.66. The number of carboxylic acids is 1. The maximum absolute atomic E-state index is 11.1. The van der Waals surface area contributed by atoms with Gasteiger partial charge in [-0.05, 0) is 36.1 Å². The Hall–Kier alpha value is -1.55. The summed E-state index contributed by atoms with van der Waals surface area (Å²) in [5.74, 6) is -1.06. The highest BCUT2D eigenvalue weighted by Gasteiger charge is 2.33. The molecule has 0 saturated heterocycles. The van der Waals surface area contributed by atoms with Gasteiger partial charge in [-0.3, -0.25) is 4.79 Å². The second-order valence-corrected chi connectivity index (χ2v) is 3.99. The minimum absolute atomic E-state index is 0.483. The van der Waals surface area contributed by atoms with Gasteiger partial charge < -0.3 is 14.9 Å². The van der Waals surface area contributed by atoms with E-state index in [-0.39, 0.29) is 0 Å². The van der Waals surface area contributed by atoms with E-state index in [4.69, 9.17) is 9.84 Å². The second kappa shape index (κ2) is 4.14. The topological polar surface area (TPSA) is 66.8 Å². The number of rotatable bonds is 2. The number of hydrogen-bond donors (Lipinski definition) is 2.